The minimum Gasteiger partial charge on any atom is -0.447 e. The van der Waals surface area contributed by atoms with Crippen LogP contribution in [0.4, 0.5) is 16.2 Å². The van der Waals surface area contributed by atoms with Gasteiger partial charge in [0.25, 0.3) is 0 Å². The molecule has 1 aliphatic rings. The van der Waals surface area contributed by atoms with Crippen molar-refractivity contribution in [1.82, 2.24) is 0 Å². The molecule has 1 N–H and O–H groups in total. The molecule has 2 aromatic carbocycles. The molecule has 0 saturated carbocycles. The number of nitrogens with zero attached hydrogens (tertiary/aromatic N) is 1. The molecule has 0 atom stereocenters. The SMILES string of the molecule is O=C(CCSc1ccc(Cl)cc1)Nc1ccc(N2CCOC2=O)cc1. The second-order valence-electron chi connectivity index (χ2n) is 5.41. The van der Waals surface area contributed by atoms with E-state index in [1.807, 2.05) is 24.3 Å². The van der Waals surface area contributed by atoms with Crippen LogP contribution in [0.25, 0.3) is 0 Å². The summed E-state index contributed by atoms with van der Waals surface area (Å²) in [5.74, 6) is 0.639. The van der Waals surface area contributed by atoms with Gasteiger partial charge in [0, 0.05) is 33.5 Å². The van der Waals surface area contributed by atoms with E-state index in [2.05, 4.69) is 5.32 Å². The second kappa shape index (κ2) is 8.27. The maximum absolute atomic E-state index is 12.0. The zero-order valence-electron chi connectivity index (χ0n) is 13.4. The molecule has 5 nitrogen and oxygen atoms in total. The fraction of sp³-hybridized carbons (Fsp3) is 0.222. The normalized spacial score (nSPS) is 13.6. The van der Waals surface area contributed by atoms with Crippen molar-refractivity contribution in [3.63, 3.8) is 0 Å². The average molecular weight is 377 g/mol. The number of carbonyl (C=O) groups is 2. The van der Waals surface area contributed by atoms with Crippen molar-refractivity contribution in [3.8, 4) is 0 Å². The van der Waals surface area contributed by atoms with E-state index in [1.54, 1.807) is 40.9 Å². The molecule has 0 bridgehead atoms. The van der Waals surface area contributed by atoms with Crippen LogP contribution in [0.1, 0.15) is 6.42 Å². The molecule has 130 valence electrons. The predicted molar refractivity (Wildman–Crippen MR) is 101 cm³/mol. The second-order valence-corrected chi connectivity index (χ2v) is 7.02. The smallest absolute Gasteiger partial charge is 0.414 e. The molecule has 0 aliphatic carbocycles. The molecular weight excluding hydrogens is 360 g/mol. The van der Waals surface area contributed by atoms with Gasteiger partial charge in [-0.2, -0.15) is 0 Å². The number of ether oxygens (including phenoxy) is 1. The number of hydrogen-bond donors (Lipinski definition) is 1. The van der Waals surface area contributed by atoms with E-state index < -0.39 is 0 Å². The number of amides is 2. The number of halogens is 1. The van der Waals surface area contributed by atoms with Gasteiger partial charge < -0.3 is 10.1 Å². The third-order valence-electron chi connectivity index (χ3n) is 3.64. The van der Waals surface area contributed by atoms with Gasteiger partial charge >= 0.3 is 6.09 Å². The molecule has 0 radical (unpaired) electrons. The van der Waals surface area contributed by atoms with Crippen molar-refractivity contribution in [3.05, 3.63) is 53.6 Å². The fourth-order valence-corrected chi connectivity index (χ4v) is 3.35. The number of hydrogen-bond acceptors (Lipinski definition) is 4. The number of benzene rings is 2. The van der Waals surface area contributed by atoms with E-state index in [4.69, 9.17) is 16.3 Å². The van der Waals surface area contributed by atoms with Crippen molar-refractivity contribution in [2.45, 2.75) is 11.3 Å². The lowest BCUT2D eigenvalue weighted by molar-refractivity contribution is -0.115. The summed E-state index contributed by atoms with van der Waals surface area (Å²) in [6.45, 7) is 0.953. The molecule has 1 saturated heterocycles. The van der Waals surface area contributed by atoms with Gasteiger partial charge in [-0.25, -0.2) is 4.79 Å². The number of rotatable bonds is 6. The molecule has 1 aliphatic heterocycles. The molecule has 2 aromatic rings. The predicted octanol–water partition coefficient (Wildman–Crippen LogP) is 4.42. The molecule has 1 fully saturated rings. The number of nitrogens with one attached hydrogen (secondary N) is 1. The van der Waals surface area contributed by atoms with Crippen LogP contribution in [0.15, 0.2) is 53.4 Å². The summed E-state index contributed by atoms with van der Waals surface area (Å²) >= 11 is 7.46. The quantitative estimate of drug-likeness (QED) is 0.758. The first-order valence-corrected chi connectivity index (χ1v) is 9.21. The van der Waals surface area contributed by atoms with Crippen molar-refractivity contribution in [1.29, 1.82) is 0 Å². The van der Waals surface area contributed by atoms with E-state index >= 15 is 0 Å². The highest BCUT2D eigenvalue weighted by atomic mass is 35.5. The topological polar surface area (TPSA) is 58.6 Å². The van der Waals surface area contributed by atoms with Gasteiger partial charge in [-0.05, 0) is 48.5 Å². The molecule has 0 aromatic heterocycles. The largest absolute Gasteiger partial charge is 0.447 e. The third-order valence-corrected chi connectivity index (χ3v) is 4.90. The summed E-state index contributed by atoms with van der Waals surface area (Å²) in [4.78, 5) is 26.2. The Kier molecular flexibility index (Phi) is 5.83. The summed E-state index contributed by atoms with van der Waals surface area (Å²) in [7, 11) is 0. The van der Waals surface area contributed by atoms with E-state index in [9.17, 15) is 9.59 Å². The Bertz CT molecular complexity index is 750. The Morgan fingerprint density at radius 1 is 1.16 bits per heavy atom. The van der Waals surface area contributed by atoms with Crippen molar-refractivity contribution < 1.29 is 14.3 Å². The Labute approximate surface area is 155 Å². The monoisotopic (exact) mass is 376 g/mol. The van der Waals surface area contributed by atoms with Crippen molar-refractivity contribution in [2.24, 2.45) is 0 Å². The molecule has 7 heteroatoms. The van der Waals surface area contributed by atoms with E-state index in [0.717, 1.165) is 10.6 Å². The summed E-state index contributed by atoms with van der Waals surface area (Å²) in [5.41, 5.74) is 1.47. The van der Waals surface area contributed by atoms with Crippen molar-refractivity contribution >= 4 is 46.7 Å². The first kappa shape index (κ1) is 17.6. The van der Waals surface area contributed by atoms with Crippen LogP contribution in [0.5, 0.6) is 0 Å². The Hall–Kier alpha value is -2.18. The van der Waals surface area contributed by atoms with Crippen LogP contribution in [-0.2, 0) is 9.53 Å². The standard InChI is InChI=1S/C18H17ClN2O3S/c19-13-1-7-16(8-2-13)25-12-9-17(22)20-14-3-5-15(6-4-14)21-10-11-24-18(21)23/h1-8H,9-12H2,(H,20,22). The van der Waals surface area contributed by atoms with Gasteiger partial charge in [-0.15, -0.1) is 11.8 Å². The number of thioether (sulfide) groups is 1. The number of anilines is 2. The van der Waals surface area contributed by atoms with Gasteiger partial charge in [-0.3, -0.25) is 9.69 Å². The Balaban J connectivity index is 1.46. The molecule has 0 spiro atoms. The zero-order valence-corrected chi connectivity index (χ0v) is 15.0. The van der Waals surface area contributed by atoms with Crippen LogP contribution in [0.2, 0.25) is 5.02 Å². The van der Waals surface area contributed by atoms with Crippen LogP contribution in [-0.4, -0.2) is 30.9 Å². The van der Waals surface area contributed by atoms with Crippen LogP contribution < -0.4 is 10.2 Å². The Morgan fingerprint density at radius 3 is 2.52 bits per heavy atom. The van der Waals surface area contributed by atoms with Gasteiger partial charge in [0.2, 0.25) is 5.91 Å². The van der Waals surface area contributed by atoms with Gasteiger partial charge in [0.05, 0.1) is 6.54 Å². The van der Waals surface area contributed by atoms with E-state index in [-0.39, 0.29) is 12.0 Å². The molecule has 3 rings (SSSR count). The third kappa shape index (κ3) is 4.90. The summed E-state index contributed by atoms with van der Waals surface area (Å²) in [6, 6.07) is 14.7. The molecule has 2 amide bonds. The maximum atomic E-state index is 12.0. The summed E-state index contributed by atoms with van der Waals surface area (Å²) in [6.07, 6.45) is 0.0732. The lowest BCUT2D eigenvalue weighted by Gasteiger charge is -2.13. The molecular formula is C18H17ClN2O3S. The number of carbonyl (C=O) groups excluding carboxylic acids is 2. The maximum Gasteiger partial charge on any atom is 0.414 e. The minimum atomic E-state index is -0.337. The minimum absolute atomic E-state index is 0.0465. The van der Waals surface area contributed by atoms with E-state index in [0.29, 0.717) is 36.0 Å². The highest BCUT2D eigenvalue weighted by Crippen LogP contribution is 2.23. The van der Waals surface area contributed by atoms with E-state index in [1.165, 1.54) is 0 Å². The first-order chi connectivity index (χ1) is 12.1. The Morgan fingerprint density at radius 2 is 1.88 bits per heavy atom. The average Bonchev–Trinajstić information content (AvgIpc) is 3.03. The fourth-order valence-electron chi connectivity index (χ4n) is 2.37. The summed E-state index contributed by atoms with van der Waals surface area (Å²) < 4.78 is 4.91. The highest BCUT2D eigenvalue weighted by molar-refractivity contribution is 7.99. The first-order valence-electron chi connectivity index (χ1n) is 7.84. The van der Waals surface area contributed by atoms with Gasteiger partial charge in [0.1, 0.15) is 6.61 Å². The lowest BCUT2D eigenvalue weighted by Crippen LogP contribution is -2.23. The summed E-state index contributed by atoms with van der Waals surface area (Å²) in [5, 5.41) is 3.56. The van der Waals surface area contributed by atoms with Crippen LogP contribution >= 0.6 is 23.4 Å². The van der Waals surface area contributed by atoms with Gasteiger partial charge in [0.15, 0.2) is 0 Å². The molecule has 25 heavy (non-hydrogen) atoms. The number of cyclic esters (lactones) is 1. The van der Waals surface area contributed by atoms with Crippen LogP contribution in [0, 0.1) is 0 Å². The highest BCUT2D eigenvalue weighted by Gasteiger charge is 2.23. The van der Waals surface area contributed by atoms with Crippen molar-refractivity contribution in [2.75, 3.05) is 29.1 Å². The zero-order chi connectivity index (χ0) is 17.6. The molecule has 0 unspecified atom stereocenters. The molecule has 1 heterocycles. The van der Waals surface area contributed by atoms with Crippen LogP contribution in [0.3, 0.4) is 0 Å². The lowest BCUT2D eigenvalue weighted by atomic mass is 10.2. The van der Waals surface area contributed by atoms with Gasteiger partial charge in [-0.1, -0.05) is 11.6 Å².